The zero-order valence-corrected chi connectivity index (χ0v) is 13.1. The van der Waals surface area contributed by atoms with Gasteiger partial charge < -0.3 is 10.6 Å². The highest BCUT2D eigenvalue weighted by Crippen LogP contribution is 2.27. The predicted molar refractivity (Wildman–Crippen MR) is 82.7 cm³/mol. The van der Waals surface area contributed by atoms with Crippen molar-refractivity contribution < 1.29 is 0 Å². The molecule has 1 rings (SSSR count). The first-order chi connectivity index (χ1) is 7.84. The predicted octanol–water partition coefficient (Wildman–Crippen LogP) is 3.56. The lowest BCUT2D eigenvalue weighted by Gasteiger charge is -2.31. The Hall–Kier alpha value is -0.610. The number of nitrogens with two attached hydrogens (primary N) is 1. The van der Waals surface area contributed by atoms with E-state index < -0.39 is 0 Å². The van der Waals surface area contributed by atoms with E-state index in [-0.39, 0.29) is 0 Å². The molecule has 0 spiro atoms. The minimum atomic E-state index is 0.428. The van der Waals surface area contributed by atoms with E-state index in [1.165, 1.54) is 0 Å². The minimum absolute atomic E-state index is 0.428. The van der Waals surface area contributed by atoms with Crippen LogP contribution in [0.25, 0.3) is 0 Å². The average Bonchev–Trinajstić information content (AvgIpc) is 2.26. The Morgan fingerprint density at radius 2 is 1.94 bits per heavy atom. The van der Waals surface area contributed by atoms with E-state index in [0.29, 0.717) is 16.9 Å². The van der Waals surface area contributed by atoms with Gasteiger partial charge in [0, 0.05) is 28.8 Å². The molecule has 1 unspecified atom stereocenters. The largest absolute Gasteiger partial charge is 0.389 e. The van der Waals surface area contributed by atoms with Gasteiger partial charge >= 0.3 is 0 Å². The summed E-state index contributed by atoms with van der Waals surface area (Å²) in [7, 11) is 2.08. The molecule has 0 aromatic heterocycles. The Bertz CT molecular complexity index is 418. The molecule has 0 amide bonds. The molecule has 1 aromatic rings. The highest BCUT2D eigenvalue weighted by atomic mass is 79.9. The van der Waals surface area contributed by atoms with Crippen LogP contribution in [-0.4, -0.2) is 18.1 Å². The minimum Gasteiger partial charge on any atom is -0.389 e. The van der Waals surface area contributed by atoms with E-state index in [2.05, 4.69) is 54.7 Å². The maximum absolute atomic E-state index is 5.77. The summed E-state index contributed by atoms with van der Waals surface area (Å²) in [4.78, 5) is 2.67. The van der Waals surface area contributed by atoms with Gasteiger partial charge in [0.1, 0.15) is 4.99 Å². The number of hydrogen-bond acceptors (Lipinski definition) is 2. The van der Waals surface area contributed by atoms with Gasteiger partial charge in [-0.25, -0.2) is 0 Å². The molecule has 1 aromatic carbocycles. The molecule has 0 saturated carbocycles. The van der Waals surface area contributed by atoms with E-state index in [1.807, 2.05) is 12.1 Å². The zero-order valence-electron chi connectivity index (χ0n) is 10.7. The molecule has 0 heterocycles. The van der Waals surface area contributed by atoms with Crippen molar-refractivity contribution in [2.45, 2.75) is 26.8 Å². The van der Waals surface area contributed by atoms with Crippen LogP contribution in [0.5, 0.6) is 0 Å². The van der Waals surface area contributed by atoms with Crippen molar-refractivity contribution in [3.63, 3.8) is 0 Å². The Kier molecular flexibility index (Phi) is 4.95. The molecule has 0 bridgehead atoms. The highest BCUT2D eigenvalue weighted by molar-refractivity contribution is 9.10. The Balaban J connectivity index is 3.19. The fraction of sp³-hybridized carbons (Fsp3) is 0.462. The quantitative estimate of drug-likeness (QED) is 0.862. The summed E-state index contributed by atoms with van der Waals surface area (Å²) in [5, 5.41) is 0. The van der Waals surface area contributed by atoms with Gasteiger partial charge in [0.2, 0.25) is 0 Å². The van der Waals surface area contributed by atoms with Gasteiger partial charge in [-0.15, -0.1) is 0 Å². The number of nitrogens with zero attached hydrogens (tertiary/aromatic N) is 1. The van der Waals surface area contributed by atoms with Crippen molar-refractivity contribution in [2.24, 2.45) is 11.7 Å². The van der Waals surface area contributed by atoms with Gasteiger partial charge in [0.05, 0.1) is 0 Å². The van der Waals surface area contributed by atoms with E-state index in [9.17, 15) is 0 Å². The number of halogens is 1. The van der Waals surface area contributed by atoms with E-state index in [4.69, 9.17) is 18.0 Å². The maximum Gasteiger partial charge on any atom is 0.106 e. The van der Waals surface area contributed by atoms with Crippen LogP contribution in [0.2, 0.25) is 0 Å². The Morgan fingerprint density at radius 3 is 2.41 bits per heavy atom. The molecule has 17 heavy (non-hydrogen) atoms. The van der Waals surface area contributed by atoms with E-state index >= 15 is 0 Å². The molecule has 2 nitrogen and oxygen atoms in total. The second-order valence-electron chi connectivity index (χ2n) is 4.62. The van der Waals surface area contributed by atoms with E-state index in [1.54, 1.807) is 0 Å². The fourth-order valence-electron chi connectivity index (χ4n) is 1.67. The smallest absolute Gasteiger partial charge is 0.106 e. The van der Waals surface area contributed by atoms with Crippen LogP contribution >= 0.6 is 28.1 Å². The summed E-state index contributed by atoms with van der Waals surface area (Å²) < 4.78 is 1.04. The SMILES string of the molecule is CC(C)C(C)N(C)c1cc(Br)ccc1C(N)=S. The van der Waals surface area contributed by atoms with Crippen LogP contribution < -0.4 is 10.6 Å². The van der Waals surface area contributed by atoms with Crippen LogP contribution in [0.15, 0.2) is 22.7 Å². The van der Waals surface area contributed by atoms with Crippen LogP contribution in [0, 0.1) is 5.92 Å². The Morgan fingerprint density at radius 1 is 1.35 bits per heavy atom. The lowest BCUT2D eigenvalue weighted by atomic mass is 10.0. The van der Waals surface area contributed by atoms with Gasteiger partial charge in [-0.1, -0.05) is 42.0 Å². The molecule has 0 aliphatic rings. The van der Waals surface area contributed by atoms with Crippen LogP contribution in [0.1, 0.15) is 26.3 Å². The molecule has 0 aliphatic carbocycles. The fourth-order valence-corrected chi connectivity index (χ4v) is 2.19. The number of benzene rings is 1. The number of hydrogen-bond donors (Lipinski definition) is 1. The number of rotatable bonds is 4. The molecule has 2 N–H and O–H groups in total. The van der Waals surface area contributed by atoms with Crippen LogP contribution in [-0.2, 0) is 0 Å². The maximum atomic E-state index is 5.77. The van der Waals surface area contributed by atoms with Crippen molar-refractivity contribution in [3.05, 3.63) is 28.2 Å². The summed E-state index contributed by atoms with van der Waals surface area (Å²) in [6.07, 6.45) is 0. The first-order valence-corrected chi connectivity index (χ1v) is 6.87. The first kappa shape index (κ1) is 14.5. The van der Waals surface area contributed by atoms with Gasteiger partial charge in [-0.05, 0) is 31.0 Å². The molecule has 0 aliphatic heterocycles. The summed E-state index contributed by atoms with van der Waals surface area (Å²) in [6, 6.07) is 6.42. The summed E-state index contributed by atoms with van der Waals surface area (Å²) in [5.41, 5.74) is 7.77. The summed E-state index contributed by atoms with van der Waals surface area (Å²) in [5.74, 6) is 0.568. The molecule has 0 radical (unpaired) electrons. The van der Waals surface area contributed by atoms with Gasteiger partial charge in [0.25, 0.3) is 0 Å². The monoisotopic (exact) mass is 314 g/mol. The molecule has 94 valence electrons. The second-order valence-corrected chi connectivity index (χ2v) is 5.98. The van der Waals surface area contributed by atoms with Crippen molar-refractivity contribution >= 4 is 38.8 Å². The molecule has 0 fully saturated rings. The van der Waals surface area contributed by atoms with E-state index in [0.717, 1.165) is 15.7 Å². The third kappa shape index (κ3) is 3.42. The van der Waals surface area contributed by atoms with Crippen molar-refractivity contribution in [2.75, 3.05) is 11.9 Å². The molecular formula is C13H19BrN2S. The average molecular weight is 315 g/mol. The summed E-state index contributed by atoms with van der Waals surface area (Å²) >= 11 is 8.59. The van der Waals surface area contributed by atoms with Crippen LogP contribution in [0.3, 0.4) is 0 Å². The first-order valence-electron chi connectivity index (χ1n) is 5.66. The van der Waals surface area contributed by atoms with Crippen molar-refractivity contribution in [1.82, 2.24) is 0 Å². The van der Waals surface area contributed by atoms with Gasteiger partial charge in [-0.2, -0.15) is 0 Å². The molecule has 0 saturated heterocycles. The van der Waals surface area contributed by atoms with Gasteiger partial charge in [-0.3, -0.25) is 0 Å². The van der Waals surface area contributed by atoms with Crippen LogP contribution in [0.4, 0.5) is 5.69 Å². The zero-order chi connectivity index (χ0) is 13.2. The second kappa shape index (κ2) is 5.83. The van der Waals surface area contributed by atoms with Gasteiger partial charge in [0.15, 0.2) is 0 Å². The molecule has 4 heteroatoms. The lowest BCUT2D eigenvalue weighted by Crippen LogP contribution is -2.34. The van der Waals surface area contributed by atoms with Crippen molar-refractivity contribution in [1.29, 1.82) is 0 Å². The standard InChI is InChI=1S/C13H19BrN2S/c1-8(2)9(3)16(4)12-7-10(14)5-6-11(12)13(15)17/h5-9H,1-4H3,(H2,15,17). The normalized spacial score (nSPS) is 12.6. The lowest BCUT2D eigenvalue weighted by molar-refractivity contribution is 0.505. The number of thiocarbonyl (C=S) groups is 1. The number of anilines is 1. The van der Waals surface area contributed by atoms with Crippen molar-refractivity contribution in [3.8, 4) is 0 Å². The third-order valence-electron chi connectivity index (χ3n) is 3.18. The highest BCUT2D eigenvalue weighted by Gasteiger charge is 2.17. The molecule has 1 atom stereocenters. The Labute approximate surface area is 117 Å². The summed E-state index contributed by atoms with van der Waals surface area (Å²) in [6.45, 7) is 6.62. The molecular weight excluding hydrogens is 296 g/mol. The topological polar surface area (TPSA) is 29.3 Å². The third-order valence-corrected chi connectivity index (χ3v) is 3.89.